The minimum absolute atomic E-state index is 0.0534. The standard InChI is InChI=1S/C14H18O4S/c1-3-4-12(14-10-17-14)9-18-19(15,16)13-7-5-11(2)6-8-13/h3,5-8,12,14H,1,4,9-10H2,2H3/t12-,14+/m1/s1. The van der Waals surface area contributed by atoms with Crippen LogP contribution in [0.3, 0.4) is 0 Å². The van der Waals surface area contributed by atoms with Gasteiger partial charge in [-0.05, 0) is 25.5 Å². The SMILES string of the molecule is C=CC[C@H](COS(=O)(=O)c1ccc(C)cc1)[C@@H]1CO1. The van der Waals surface area contributed by atoms with E-state index in [1.54, 1.807) is 30.3 Å². The summed E-state index contributed by atoms with van der Waals surface area (Å²) >= 11 is 0. The number of ether oxygens (including phenoxy) is 1. The molecule has 0 amide bonds. The highest BCUT2D eigenvalue weighted by molar-refractivity contribution is 7.86. The lowest BCUT2D eigenvalue weighted by Gasteiger charge is -2.12. The van der Waals surface area contributed by atoms with E-state index in [1.807, 2.05) is 6.92 Å². The Hall–Kier alpha value is -1.17. The molecule has 0 spiro atoms. The molecule has 0 radical (unpaired) electrons. The molecule has 5 heteroatoms. The lowest BCUT2D eigenvalue weighted by Crippen LogP contribution is -2.18. The summed E-state index contributed by atoms with van der Waals surface area (Å²) < 4.78 is 34.3. The molecule has 0 aromatic heterocycles. The van der Waals surface area contributed by atoms with E-state index in [9.17, 15) is 8.42 Å². The fourth-order valence-electron chi connectivity index (χ4n) is 1.82. The highest BCUT2D eigenvalue weighted by Gasteiger charge is 2.33. The van der Waals surface area contributed by atoms with E-state index in [2.05, 4.69) is 6.58 Å². The lowest BCUT2D eigenvalue weighted by molar-refractivity contribution is 0.217. The zero-order valence-electron chi connectivity index (χ0n) is 10.9. The first kappa shape index (κ1) is 14.2. The molecule has 2 rings (SSSR count). The molecule has 1 aromatic rings. The Kier molecular flexibility index (Phi) is 4.39. The van der Waals surface area contributed by atoms with Crippen LogP contribution >= 0.6 is 0 Å². The van der Waals surface area contributed by atoms with Crippen molar-refractivity contribution >= 4 is 10.1 Å². The molecule has 19 heavy (non-hydrogen) atoms. The normalized spacial score (nSPS) is 19.9. The first-order valence-electron chi connectivity index (χ1n) is 6.21. The van der Waals surface area contributed by atoms with Gasteiger partial charge in [0.2, 0.25) is 0 Å². The molecule has 0 saturated carbocycles. The number of benzene rings is 1. The average molecular weight is 282 g/mol. The first-order chi connectivity index (χ1) is 9.03. The molecule has 1 fully saturated rings. The van der Waals surface area contributed by atoms with Crippen molar-refractivity contribution in [3.63, 3.8) is 0 Å². The molecule has 104 valence electrons. The summed E-state index contributed by atoms with van der Waals surface area (Å²) in [6, 6.07) is 6.62. The molecular weight excluding hydrogens is 264 g/mol. The summed E-state index contributed by atoms with van der Waals surface area (Å²) in [5.41, 5.74) is 1.01. The van der Waals surface area contributed by atoms with Crippen molar-refractivity contribution < 1.29 is 17.3 Å². The van der Waals surface area contributed by atoms with Gasteiger partial charge in [0.25, 0.3) is 10.1 Å². The van der Waals surface area contributed by atoms with Crippen molar-refractivity contribution in [3.05, 3.63) is 42.5 Å². The molecule has 1 aliphatic heterocycles. The monoisotopic (exact) mass is 282 g/mol. The van der Waals surface area contributed by atoms with Crippen molar-refractivity contribution in [3.8, 4) is 0 Å². The predicted octanol–water partition coefficient (Wildman–Crippen LogP) is 2.29. The zero-order chi connectivity index (χ0) is 13.9. The van der Waals surface area contributed by atoms with Crippen LogP contribution in [0.2, 0.25) is 0 Å². The van der Waals surface area contributed by atoms with Crippen LogP contribution in [0, 0.1) is 12.8 Å². The van der Waals surface area contributed by atoms with Gasteiger partial charge < -0.3 is 4.74 Å². The van der Waals surface area contributed by atoms with Crippen molar-refractivity contribution in [1.82, 2.24) is 0 Å². The van der Waals surface area contributed by atoms with E-state index in [0.717, 1.165) is 5.56 Å². The number of aryl methyl sites for hydroxylation is 1. The maximum Gasteiger partial charge on any atom is 0.296 e. The molecule has 0 N–H and O–H groups in total. The van der Waals surface area contributed by atoms with Crippen LogP contribution in [0.25, 0.3) is 0 Å². The molecule has 2 atom stereocenters. The summed E-state index contributed by atoms with van der Waals surface area (Å²) in [6.45, 7) is 6.37. The molecular formula is C14H18O4S. The zero-order valence-corrected chi connectivity index (χ0v) is 11.7. The molecule has 4 nitrogen and oxygen atoms in total. The van der Waals surface area contributed by atoms with Gasteiger partial charge in [-0.2, -0.15) is 8.42 Å². The summed E-state index contributed by atoms with van der Waals surface area (Å²) in [6.07, 6.45) is 2.55. The Morgan fingerprint density at radius 3 is 2.63 bits per heavy atom. The number of allylic oxidation sites excluding steroid dienone is 1. The number of epoxide rings is 1. The van der Waals surface area contributed by atoms with Crippen LogP contribution in [0.1, 0.15) is 12.0 Å². The highest BCUT2D eigenvalue weighted by atomic mass is 32.2. The van der Waals surface area contributed by atoms with E-state index in [0.29, 0.717) is 13.0 Å². The third kappa shape index (κ3) is 3.89. The van der Waals surface area contributed by atoms with E-state index in [1.165, 1.54) is 0 Å². The Balaban J connectivity index is 2.00. The van der Waals surface area contributed by atoms with Gasteiger partial charge in [-0.1, -0.05) is 23.8 Å². The van der Waals surface area contributed by atoms with E-state index in [4.69, 9.17) is 8.92 Å². The quantitative estimate of drug-likeness (QED) is 0.437. The fraction of sp³-hybridized carbons (Fsp3) is 0.429. The third-order valence-corrected chi connectivity index (χ3v) is 4.40. The van der Waals surface area contributed by atoms with Gasteiger partial charge in [-0.25, -0.2) is 0 Å². The predicted molar refractivity (Wildman–Crippen MR) is 72.4 cm³/mol. The van der Waals surface area contributed by atoms with Crippen molar-refractivity contribution in [2.75, 3.05) is 13.2 Å². The van der Waals surface area contributed by atoms with Crippen molar-refractivity contribution in [1.29, 1.82) is 0 Å². The minimum atomic E-state index is -3.69. The van der Waals surface area contributed by atoms with Gasteiger partial charge in [0.1, 0.15) is 0 Å². The van der Waals surface area contributed by atoms with Gasteiger partial charge >= 0.3 is 0 Å². The molecule has 0 bridgehead atoms. The molecule has 1 heterocycles. The molecule has 1 aromatic carbocycles. The number of hydrogen-bond donors (Lipinski definition) is 0. The lowest BCUT2D eigenvalue weighted by atomic mass is 10.0. The first-order valence-corrected chi connectivity index (χ1v) is 7.62. The maximum atomic E-state index is 12.0. The van der Waals surface area contributed by atoms with E-state index in [-0.39, 0.29) is 23.5 Å². The summed E-state index contributed by atoms with van der Waals surface area (Å²) in [4.78, 5) is 0.187. The van der Waals surface area contributed by atoms with Crippen molar-refractivity contribution in [2.45, 2.75) is 24.3 Å². The van der Waals surface area contributed by atoms with Crippen LogP contribution in [-0.2, 0) is 19.0 Å². The Labute approximate surface area is 114 Å². The van der Waals surface area contributed by atoms with Gasteiger partial charge in [-0.3, -0.25) is 4.18 Å². The number of rotatable bonds is 7. The summed E-state index contributed by atoms with van der Waals surface area (Å²) in [5.74, 6) is 0.0534. The van der Waals surface area contributed by atoms with Crippen LogP contribution in [0.5, 0.6) is 0 Å². The fourth-order valence-corrected chi connectivity index (χ4v) is 2.78. The maximum absolute atomic E-state index is 12.0. The minimum Gasteiger partial charge on any atom is -0.373 e. The topological polar surface area (TPSA) is 55.9 Å². The van der Waals surface area contributed by atoms with Gasteiger partial charge in [0, 0.05) is 5.92 Å². The summed E-state index contributed by atoms with van der Waals surface area (Å²) in [5, 5.41) is 0. The smallest absolute Gasteiger partial charge is 0.296 e. The van der Waals surface area contributed by atoms with Gasteiger partial charge in [0.05, 0.1) is 24.2 Å². The molecule has 0 aliphatic carbocycles. The Morgan fingerprint density at radius 2 is 2.11 bits per heavy atom. The highest BCUT2D eigenvalue weighted by Crippen LogP contribution is 2.25. The third-order valence-electron chi connectivity index (χ3n) is 3.10. The second-order valence-corrected chi connectivity index (χ2v) is 6.32. The molecule has 1 aliphatic rings. The van der Waals surface area contributed by atoms with Crippen LogP contribution < -0.4 is 0 Å². The second-order valence-electron chi connectivity index (χ2n) is 4.71. The Morgan fingerprint density at radius 1 is 1.47 bits per heavy atom. The average Bonchev–Trinajstić information content (AvgIpc) is 3.19. The largest absolute Gasteiger partial charge is 0.373 e. The second kappa shape index (κ2) is 5.86. The van der Waals surface area contributed by atoms with E-state index >= 15 is 0 Å². The van der Waals surface area contributed by atoms with Crippen LogP contribution in [0.4, 0.5) is 0 Å². The van der Waals surface area contributed by atoms with Gasteiger partial charge in [0.15, 0.2) is 0 Å². The van der Waals surface area contributed by atoms with Gasteiger partial charge in [-0.15, -0.1) is 6.58 Å². The molecule has 1 saturated heterocycles. The van der Waals surface area contributed by atoms with Crippen LogP contribution in [0.15, 0.2) is 41.8 Å². The Bertz CT molecular complexity index is 529. The van der Waals surface area contributed by atoms with Crippen LogP contribution in [-0.4, -0.2) is 27.7 Å². The van der Waals surface area contributed by atoms with E-state index < -0.39 is 10.1 Å². The molecule has 0 unspecified atom stereocenters. The van der Waals surface area contributed by atoms with Crippen molar-refractivity contribution in [2.24, 2.45) is 5.92 Å². The number of hydrogen-bond acceptors (Lipinski definition) is 4. The summed E-state index contributed by atoms with van der Waals surface area (Å²) in [7, 11) is -3.69.